The number of methoxy groups -OCH3 is 2. The van der Waals surface area contributed by atoms with Gasteiger partial charge in [-0.1, -0.05) is 22.4 Å². The number of halogens is 2. The molecule has 0 aliphatic carbocycles. The van der Waals surface area contributed by atoms with Crippen LogP contribution in [0.25, 0.3) is 0 Å². The molecule has 1 amide bonds. The molecule has 0 atom stereocenters. The van der Waals surface area contributed by atoms with Crippen molar-refractivity contribution in [1.82, 2.24) is 10.2 Å². The Labute approximate surface area is 158 Å². The third-order valence-electron chi connectivity index (χ3n) is 4.10. The zero-order valence-electron chi connectivity index (χ0n) is 14.3. The van der Waals surface area contributed by atoms with Crippen molar-refractivity contribution in [2.75, 3.05) is 33.9 Å². The highest BCUT2D eigenvalue weighted by Gasteiger charge is 2.15. The van der Waals surface area contributed by atoms with Crippen LogP contribution in [0.5, 0.6) is 11.5 Å². The first kappa shape index (κ1) is 21.1. The molecule has 1 aliphatic heterocycles. The van der Waals surface area contributed by atoms with Crippen molar-refractivity contribution >= 4 is 34.2 Å². The summed E-state index contributed by atoms with van der Waals surface area (Å²) in [5.74, 6) is 1.71. The predicted octanol–water partition coefficient (Wildman–Crippen LogP) is 3.38. The van der Waals surface area contributed by atoms with Crippen LogP contribution in [-0.4, -0.2) is 44.7 Å². The first-order valence-electron chi connectivity index (χ1n) is 8.04. The number of hydrogen-bond acceptors (Lipinski definition) is 4. The zero-order valence-corrected chi connectivity index (χ0v) is 16.7. The molecule has 136 valence electrons. The van der Waals surface area contributed by atoms with E-state index in [2.05, 4.69) is 21.2 Å². The van der Waals surface area contributed by atoms with Crippen molar-refractivity contribution < 1.29 is 14.3 Å². The molecule has 24 heavy (non-hydrogen) atoms. The van der Waals surface area contributed by atoms with E-state index in [1.165, 1.54) is 0 Å². The van der Waals surface area contributed by atoms with Gasteiger partial charge in [0, 0.05) is 37.1 Å². The Bertz CT molecular complexity index is 543. The lowest BCUT2D eigenvalue weighted by atomic mass is 10.2. The molecule has 1 aromatic rings. The van der Waals surface area contributed by atoms with Gasteiger partial charge in [-0.3, -0.25) is 4.79 Å². The molecule has 1 saturated heterocycles. The van der Waals surface area contributed by atoms with Crippen LogP contribution >= 0.6 is 28.3 Å². The van der Waals surface area contributed by atoms with Crippen LogP contribution in [-0.2, 0) is 11.3 Å². The Kier molecular flexibility index (Phi) is 9.48. The lowest BCUT2D eigenvalue weighted by Crippen LogP contribution is -2.36. The molecule has 1 N–H and O–H groups in total. The van der Waals surface area contributed by atoms with Gasteiger partial charge < -0.3 is 19.7 Å². The molecule has 0 radical (unpaired) electrons. The van der Waals surface area contributed by atoms with Gasteiger partial charge in [-0.2, -0.15) is 0 Å². The second-order valence-electron chi connectivity index (χ2n) is 5.67. The Hall–Kier alpha value is -0.980. The maximum Gasteiger partial charge on any atom is 0.222 e. The maximum absolute atomic E-state index is 11.9. The van der Waals surface area contributed by atoms with Gasteiger partial charge in [-0.15, -0.1) is 12.4 Å². The maximum atomic E-state index is 11.9. The van der Waals surface area contributed by atoms with Gasteiger partial charge in [0.05, 0.1) is 14.2 Å². The second kappa shape index (κ2) is 10.8. The van der Waals surface area contributed by atoms with Crippen LogP contribution < -0.4 is 14.8 Å². The van der Waals surface area contributed by atoms with E-state index in [-0.39, 0.29) is 18.3 Å². The lowest BCUT2D eigenvalue weighted by Gasteiger charge is -2.20. The Morgan fingerprint density at radius 2 is 1.88 bits per heavy atom. The van der Waals surface area contributed by atoms with E-state index in [1.807, 2.05) is 17.0 Å². The molecule has 1 heterocycles. The van der Waals surface area contributed by atoms with Gasteiger partial charge in [-0.05, 0) is 30.5 Å². The van der Waals surface area contributed by atoms with E-state index in [9.17, 15) is 4.79 Å². The molecule has 1 aliphatic rings. The smallest absolute Gasteiger partial charge is 0.222 e. The van der Waals surface area contributed by atoms with Gasteiger partial charge in [-0.25, -0.2) is 0 Å². The van der Waals surface area contributed by atoms with Crippen LogP contribution in [0.4, 0.5) is 0 Å². The highest BCUT2D eigenvalue weighted by Crippen LogP contribution is 2.33. The molecule has 0 unspecified atom stereocenters. The average molecular weight is 422 g/mol. The van der Waals surface area contributed by atoms with E-state index in [0.29, 0.717) is 18.7 Å². The summed E-state index contributed by atoms with van der Waals surface area (Å²) in [5, 5.41) is 3.40. The summed E-state index contributed by atoms with van der Waals surface area (Å²) in [6.07, 6.45) is 4.00. The molecule has 0 saturated carbocycles. The van der Waals surface area contributed by atoms with Gasteiger partial charge >= 0.3 is 0 Å². The Morgan fingerprint density at radius 3 is 2.58 bits per heavy atom. The minimum Gasteiger partial charge on any atom is -0.493 e. The summed E-state index contributed by atoms with van der Waals surface area (Å²) in [5.41, 5.74) is 1.10. The first-order chi connectivity index (χ1) is 11.2. The largest absolute Gasteiger partial charge is 0.493 e. The van der Waals surface area contributed by atoms with Crippen molar-refractivity contribution in [2.24, 2.45) is 0 Å². The number of nitrogens with one attached hydrogen (secondary N) is 1. The lowest BCUT2D eigenvalue weighted by molar-refractivity contribution is -0.130. The van der Waals surface area contributed by atoms with Crippen molar-refractivity contribution in [2.45, 2.75) is 32.2 Å². The van der Waals surface area contributed by atoms with E-state index in [1.54, 1.807) is 14.2 Å². The summed E-state index contributed by atoms with van der Waals surface area (Å²) in [7, 11) is 3.26. The standard InChI is InChI=1S/C17H25BrN2O3.ClH/c1-22-15-10-13(14(18)11-16(15)23-2)12-19-7-9-20-8-5-3-4-6-17(20)21;/h10-11,19H,3-9,12H2,1-2H3;1H. The monoisotopic (exact) mass is 420 g/mol. The van der Waals surface area contributed by atoms with Crippen LogP contribution in [0, 0.1) is 0 Å². The topological polar surface area (TPSA) is 50.8 Å². The van der Waals surface area contributed by atoms with Crippen LogP contribution in [0.3, 0.4) is 0 Å². The minimum absolute atomic E-state index is 0. The molecule has 7 heteroatoms. The van der Waals surface area contributed by atoms with E-state index in [0.717, 1.165) is 54.7 Å². The number of ether oxygens (including phenoxy) is 2. The number of nitrogens with zero attached hydrogens (tertiary/aromatic N) is 1. The number of likely N-dealkylation sites (tertiary alicyclic amines) is 1. The SMILES string of the molecule is COc1cc(Br)c(CNCCN2CCCCCC2=O)cc1OC.Cl. The molecular formula is C17H26BrClN2O3. The molecule has 2 rings (SSSR count). The third kappa shape index (κ3) is 5.83. The van der Waals surface area contributed by atoms with Gasteiger partial charge in [0.1, 0.15) is 0 Å². The van der Waals surface area contributed by atoms with Gasteiger partial charge in [0.15, 0.2) is 11.5 Å². The third-order valence-corrected chi connectivity index (χ3v) is 4.84. The molecule has 0 aromatic heterocycles. The number of carbonyl (C=O) groups is 1. The van der Waals surface area contributed by atoms with Crippen molar-refractivity contribution in [3.8, 4) is 11.5 Å². The quantitative estimate of drug-likeness (QED) is 0.686. The fourth-order valence-corrected chi connectivity index (χ4v) is 3.21. The van der Waals surface area contributed by atoms with E-state index in [4.69, 9.17) is 9.47 Å². The second-order valence-corrected chi connectivity index (χ2v) is 6.52. The fraction of sp³-hybridized carbons (Fsp3) is 0.588. The average Bonchev–Trinajstić information content (AvgIpc) is 2.76. The number of rotatable bonds is 7. The zero-order chi connectivity index (χ0) is 16.7. The molecule has 0 spiro atoms. The fourth-order valence-electron chi connectivity index (χ4n) is 2.74. The van der Waals surface area contributed by atoms with E-state index < -0.39 is 0 Å². The summed E-state index contributed by atoms with van der Waals surface area (Å²) in [6.45, 7) is 3.15. The summed E-state index contributed by atoms with van der Waals surface area (Å²) in [6, 6.07) is 3.88. The first-order valence-corrected chi connectivity index (χ1v) is 8.84. The predicted molar refractivity (Wildman–Crippen MR) is 101 cm³/mol. The van der Waals surface area contributed by atoms with E-state index >= 15 is 0 Å². The van der Waals surface area contributed by atoms with Gasteiger partial charge in [0.2, 0.25) is 5.91 Å². The molecule has 1 fully saturated rings. The molecule has 1 aromatic carbocycles. The van der Waals surface area contributed by atoms with Crippen LogP contribution in [0.1, 0.15) is 31.2 Å². The highest BCUT2D eigenvalue weighted by atomic mass is 79.9. The summed E-state index contributed by atoms with van der Waals surface area (Å²) >= 11 is 3.56. The number of carbonyl (C=O) groups excluding carboxylic acids is 1. The van der Waals surface area contributed by atoms with Crippen molar-refractivity contribution in [3.63, 3.8) is 0 Å². The Morgan fingerprint density at radius 1 is 1.17 bits per heavy atom. The molecule has 5 nitrogen and oxygen atoms in total. The molecule has 0 bridgehead atoms. The van der Waals surface area contributed by atoms with Crippen molar-refractivity contribution in [3.05, 3.63) is 22.2 Å². The highest BCUT2D eigenvalue weighted by molar-refractivity contribution is 9.10. The number of hydrogen-bond donors (Lipinski definition) is 1. The van der Waals surface area contributed by atoms with Gasteiger partial charge in [0.25, 0.3) is 0 Å². The number of benzene rings is 1. The van der Waals surface area contributed by atoms with Crippen LogP contribution in [0.15, 0.2) is 16.6 Å². The summed E-state index contributed by atoms with van der Waals surface area (Å²) < 4.78 is 11.6. The normalized spacial score (nSPS) is 14.8. The number of amides is 1. The summed E-state index contributed by atoms with van der Waals surface area (Å²) in [4.78, 5) is 13.9. The minimum atomic E-state index is 0. The Balaban J connectivity index is 0.00000288. The van der Waals surface area contributed by atoms with Crippen LogP contribution in [0.2, 0.25) is 0 Å². The van der Waals surface area contributed by atoms with Crippen molar-refractivity contribution in [1.29, 1.82) is 0 Å². The molecular weight excluding hydrogens is 396 g/mol.